The topological polar surface area (TPSA) is 38.9 Å². The van der Waals surface area contributed by atoms with Gasteiger partial charge in [-0.15, -0.1) is 11.3 Å². The predicted molar refractivity (Wildman–Crippen MR) is 73.8 cm³/mol. The summed E-state index contributed by atoms with van der Waals surface area (Å²) in [5.74, 6) is 0.478. The molecule has 0 aliphatic heterocycles. The van der Waals surface area contributed by atoms with E-state index in [1.807, 2.05) is 18.2 Å². The highest BCUT2D eigenvalue weighted by Crippen LogP contribution is 2.29. The lowest BCUT2D eigenvalue weighted by Gasteiger charge is -2.01. The highest BCUT2D eigenvalue weighted by Gasteiger charge is 2.08. The van der Waals surface area contributed by atoms with Gasteiger partial charge >= 0.3 is 0 Å². The first-order valence-electron chi connectivity index (χ1n) is 5.08. The summed E-state index contributed by atoms with van der Waals surface area (Å²) in [4.78, 5) is 4.60. The number of thiazole rings is 1. The van der Waals surface area contributed by atoms with Crippen LogP contribution >= 0.6 is 27.3 Å². The summed E-state index contributed by atoms with van der Waals surface area (Å²) in [6, 6.07) is 5.93. The Morgan fingerprint density at radius 2 is 2.12 bits per heavy atom. The van der Waals surface area contributed by atoms with E-state index in [-0.39, 0.29) is 0 Å². The van der Waals surface area contributed by atoms with E-state index in [1.54, 1.807) is 11.3 Å². The molecule has 0 fully saturated rings. The summed E-state index contributed by atoms with van der Waals surface area (Å²) < 4.78 is 0.926. The van der Waals surface area contributed by atoms with E-state index in [4.69, 9.17) is 5.73 Å². The molecule has 0 aliphatic carbocycles. The minimum Gasteiger partial charge on any atom is -0.398 e. The number of nitrogen functional groups attached to an aromatic ring is 1. The largest absolute Gasteiger partial charge is 0.398 e. The number of aromatic nitrogens is 1. The van der Waals surface area contributed by atoms with Crippen LogP contribution in [0.4, 0.5) is 5.69 Å². The summed E-state index contributed by atoms with van der Waals surface area (Å²) >= 11 is 5.09. The first kappa shape index (κ1) is 11.6. The molecule has 2 nitrogen and oxygen atoms in total. The van der Waals surface area contributed by atoms with Gasteiger partial charge < -0.3 is 5.73 Å². The molecule has 2 rings (SSSR count). The minimum atomic E-state index is 0.478. The number of anilines is 1. The van der Waals surface area contributed by atoms with Crippen LogP contribution in [0.3, 0.4) is 0 Å². The van der Waals surface area contributed by atoms with Gasteiger partial charge in [-0.3, -0.25) is 0 Å². The second-order valence-electron chi connectivity index (χ2n) is 3.96. The molecule has 2 aromatic rings. The van der Waals surface area contributed by atoms with Crippen molar-refractivity contribution in [2.45, 2.75) is 19.8 Å². The zero-order valence-electron chi connectivity index (χ0n) is 9.20. The van der Waals surface area contributed by atoms with Crippen molar-refractivity contribution in [2.24, 2.45) is 0 Å². The van der Waals surface area contributed by atoms with Crippen LogP contribution in [-0.4, -0.2) is 4.98 Å². The molecule has 0 aliphatic rings. The molecule has 0 unspecified atom stereocenters. The van der Waals surface area contributed by atoms with Crippen molar-refractivity contribution in [1.82, 2.24) is 4.98 Å². The Labute approximate surface area is 108 Å². The second kappa shape index (κ2) is 4.55. The third kappa shape index (κ3) is 2.28. The molecular formula is C12H13BrN2S. The molecular weight excluding hydrogens is 284 g/mol. The Bertz CT molecular complexity index is 505. The number of hydrogen-bond donors (Lipinski definition) is 1. The van der Waals surface area contributed by atoms with Crippen molar-refractivity contribution in [3.8, 4) is 11.3 Å². The van der Waals surface area contributed by atoms with Gasteiger partial charge in [0, 0.05) is 27.0 Å². The Kier molecular flexibility index (Phi) is 3.30. The summed E-state index contributed by atoms with van der Waals surface area (Å²) in [7, 11) is 0. The molecule has 0 saturated carbocycles. The molecule has 2 N–H and O–H groups in total. The average molecular weight is 297 g/mol. The lowest BCUT2D eigenvalue weighted by atomic mass is 10.1. The van der Waals surface area contributed by atoms with Crippen molar-refractivity contribution in [1.29, 1.82) is 0 Å². The van der Waals surface area contributed by atoms with Gasteiger partial charge in [-0.05, 0) is 28.1 Å². The van der Waals surface area contributed by atoms with E-state index in [9.17, 15) is 0 Å². The molecule has 0 bridgehead atoms. The third-order valence-electron chi connectivity index (χ3n) is 2.31. The summed E-state index contributed by atoms with van der Waals surface area (Å²) in [5.41, 5.74) is 8.68. The van der Waals surface area contributed by atoms with Gasteiger partial charge in [-0.25, -0.2) is 4.98 Å². The maximum Gasteiger partial charge on any atom is 0.0958 e. The van der Waals surface area contributed by atoms with Gasteiger partial charge in [-0.2, -0.15) is 0 Å². The van der Waals surface area contributed by atoms with E-state index >= 15 is 0 Å². The van der Waals surface area contributed by atoms with Crippen LogP contribution in [0.1, 0.15) is 24.8 Å². The van der Waals surface area contributed by atoms with Crippen LogP contribution in [0.5, 0.6) is 0 Å². The lowest BCUT2D eigenvalue weighted by molar-refractivity contribution is 0.853. The number of halogens is 1. The van der Waals surface area contributed by atoms with E-state index < -0.39 is 0 Å². The molecule has 1 aromatic carbocycles. The van der Waals surface area contributed by atoms with Crippen molar-refractivity contribution in [2.75, 3.05) is 5.73 Å². The third-order valence-corrected chi connectivity index (χ3v) is 4.18. The highest BCUT2D eigenvalue weighted by molar-refractivity contribution is 9.10. The fourth-order valence-electron chi connectivity index (χ4n) is 1.39. The van der Waals surface area contributed by atoms with Crippen molar-refractivity contribution in [3.05, 3.63) is 33.1 Å². The quantitative estimate of drug-likeness (QED) is 0.840. The lowest BCUT2D eigenvalue weighted by Crippen LogP contribution is -1.89. The minimum absolute atomic E-state index is 0.478. The fourth-order valence-corrected chi connectivity index (χ4v) is 2.48. The Morgan fingerprint density at radius 1 is 1.38 bits per heavy atom. The van der Waals surface area contributed by atoms with E-state index in [1.165, 1.54) is 0 Å². The SMILES string of the molecule is CC(C)c1nc(-c2ccc(Br)c(N)c2)cs1. The van der Waals surface area contributed by atoms with Crippen LogP contribution in [-0.2, 0) is 0 Å². The summed E-state index contributed by atoms with van der Waals surface area (Å²) in [6.45, 7) is 4.30. The second-order valence-corrected chi connectivity index (χ2v) is 5.71. The zero-order valence-corrected chi connectivity index (χ0v) is 11.6. The van der Waals surface area contributed by atoms with Crippen molar-refractivity contribution < 1.29 is 0 Å². The van der Waals surface area contributed by atoms with Crippen LogP contribution in [0.2, 0.25) is 0 Å². The number of rotatable bonds is 2. The Balaban J connectivity index is 2.39. The molecule has 4 heteroatoms. The smallest absolute Gasteiger partial charge is 0.0958 e. The number of nitrogens with two attached hydrogens (primary N) is 1. The molecule has 84 valence electrons. The maximum absolute atomic E-state index is 5.85. The summed E-state index contributed by atoms with van der Waals surface area (Å²) in [6.07, 6.45) is 0. The molecule has 0 saturated heterocycles. The monoisotopic (exact) mass is 296 g/mol. The molecule has 0 atom stereocenters. The number of benzene rings is 1. The summed E-state index contributed by atoms with van der Waals surface area (Å²) in [5, 5.41) is 3.24. The van der Waals surface area contributed by atoms with Gasteiger partial charge in [-0.1, -0.05) is 19.9 Å². The van der Waals surface area contributed by atoms with Crippen molar-refractivity contribution in [3.63, 3.8) is 0 Å². The molecule has 0 spiro atoms. The molecule has 1 aromatic heterocycles. The van der Waals surface area contributed by atoms with Crippen LogP contribution in [0, 0.1) is 0 Å². The molecule has 1 heterocycles. The van der Waals surface area contributed by atoms with Crippen LogP contribution in [0.25, 0.3) is 11.3 Å². The molecule has 0 amide bonds. The van der Waals surface area contributed by atoms with Gasteiger partial charge in [0.1, 0.15) is 0 Å². The number of hydrogen-bond acceptors (Lipinski definition) is 3. The van der Waals surface area contributed by atoms with E-state index in [2.05, 4.69) is 40.1 Å². The number of nitrogens with zero attached hydrogens (tertiary/aromatic N) is 1. The van der Waals surface area contributed by atoms with E-state index in [0.717, 1.165) is 26.4 Å². The first-order chi connectivity index (χ1) is 7.58. The van der Waals surface area contributed by atoms with Crippen LogP contribution < -0.4 is 5.73 Å². The van der Waals surface area contributed by atoms with Gasteiger partial charge in [0.05, 0.1) is 10.7 Å². The standard InChI is InChI=1S/C12H13BrN2S/c1-7(2)12-15-11(6-16-12)8-3-4-9(13)10(14)5-8/h3-7H,14H2,1-2H3. The maximum atomic E-state index is 5.85. The van der Waals surface area contributed by atoms with Gasteiger partial charge in [0.25, 0.3) is 0 Å². The fraction of sp³-hybridized carbons (Fsp3) is 0.250. The predicted octanol–water partition coefficient (Wildman–Crippen LogP) is 4.28. The van der Waals surface area contributed by atoms with Gasteiger partial charge in [0.2, 0.25) is 0 Å². The molecule has 16 heavy (non-hydrogen) atoms. The normalized spacial score (nSPS) is 11.0. The van der Waals surface area contributed by atoms with Gasteiger partial charge in [0.15, 0.2) is 0 Å². The Morgan fingerprint density at radius 3 is 2.69 bits per heavy atom. The van der Waals surface area contributed by atoms with Crippen LogP contribution in [0.15, 0.2) is 28.1 Å². The highest BCUT2D eigenvalue weighted by atomic mass is 79.9. The first-order valence-corrected chi connectivity index (χ1v) is 6.76. The average Bonchev–Trinajstić information content (AvgIpc) is 2.71. The Hall–Kier alpha value is -0.870. The molecule has 0 radical (unpaired) electrons. The zero-order chi connectivity index (χ0) is 11.7. The van der Waals surface area contributed by atoms with Crippen molar-refractivity contribution >= 4 is 33.0 Å². The van der Waals surface area contributed by atoms with E-state index in [0.29, 0.717) is 5.92 Å².